The highest BCUT2D eigenvalue weighted by atomic mass is 32.2. The fourth-order valence-corrected chi connectivity index (χ4v) is 9.77. The molecule has 9 aromatic rings. The maximum Gasteiger partial charge on any atom is 0.264 e. The van der Waals surface area contributed by atoms with Crippen molar-refractivity contribution in [3.8, 4) is 0 Å². The minimum Gasteiger partial charge on any atom is -0.384 e. The van der Waals surface area contributed by atoms with Crippen molar-refractivity contribution in [2.24, 2.45) is 0 Å². The van der Waals surface area contributed by atoms with Gasteiger partial charge in [-0.1, -0.05) is 54.1 Å². The highest BCUT2D eigenvalue weighted by Gasteiger charge is 2.27. The number of benzene rings is 4. The molecule has 0 saturated heterocycles. The van der Waals surface area contributed by atoms with Gasteiger partial charge in [-0.25, -0.2) is 28.4 Å². The molecule has 1 amide bonds. The zero-order valence-corrected chi connectivity index (χ0v) is 37.4. The second-order valence-electron chi connectivity index (χ2n) is 16.1. The molecule has 0 saturated carbocycles. The van der Waals surface area contributed by atoms with Crippen LogP contribution in [0.3, 0.4) is 0 Å². The van der Waals surface area contributed by atoms with Gasteiger partial charge in [-0.2, -0.15) is 0 Å². The molecule has 5 aromatic heterocycles. The van der Waals surface area contributed by atoms with Crippen LogP contribution in [0.2, 0.25) is 0 Å². The van der Waals surface area contributed by atoms with Gasteiger partial charge in [-0.05, 0) is 94.4 Å². The third-order valence-corrected chi connectivity index (χ3v) is 13.4. The highest BCUT2D eigenvalue weighted by Crippen LogP contribution is 2.36. The molecule has 66 heavy (non-hydrogen) atoms. The molecule has 0 radical (unpaired) electrons. The second-order valence-corrected chi connectivity index (χ2v) is 17.9. The Hall–Kier alpha value is -7.34. The molecule has 16 nitrogen and oxygen atoms in total. The molecule has 336 valence electrons. The standard InChI is InChI=1S/C49H51N13O3S/c1-33-16-18-35(19-17-33)66(64,65)62(41-30-34-10-5-23-53-42(34)45-37(41)14-6-24-55-45)28-9-26-56-49(63)39-13-4-12-38-43(36-11-2-3-15-40(36)60-44(38)39)54-25-8-22-51-20-7-21-52-27-29-61-32-59-46-47(50)57-31-58-48(46)61/h2-6,10-19,23-24,30-32,51-52H,7-9,20-22,25-29H2,1H3,(H,54,60)(H,56,63)(H2,50,57,58). The molecule has 0 bridgehead atoms. The Morgan fingerprint density at radius 2 is 1.44 bits per heavy atom. The van der Waals surface area contributed by atoms with E-state index in [4.69, 9.17) is 10.7 Å². The first-order chi connectivity index (χ1) is 32.3. The summed E-state index contributed by atoms with van der Waals surface area (Å²) >= 11 is 0. The number of rotatable bonds is 20. The summed E-state index contributed by atoms with van der Waals surface area (Å²) in [6.07, 6.45) is 8.80. The number of carbonyl (C=O) groups is 1. The number of hydrogen-bond acceptors (Lipinski definition) is 13. The van der Waals surface area contributed by atoms with Gasteiger partial charge in [0.25, 0.3) is 15.9 Å². The van der Waals surface area contributed by atoms with Crippen LogP contribution in [0.5, 0.6) is 0 Å². The number of fused-ring (bicyclic) bond motifs is 6. The molecular formula is C49H51N13O3S. The van der Waals surface area contributed by atoms with Gasteiger partial charge < -0.3 is 31.6 Å². The molecule has 0 atom stereocenters. The van der Waals surface area contributed by atoms with Crippen molar-refractivity contribution in [3.05, 3.63) is 133 Å². The number of nitrogen functional groups attached to an aromatic ring is 1. The Balaban J connectivity index is 0.828. The largest absolute Gasteiger partial charge is 0.384 e. The number of nitrogens with zero attached hydrogens (tertiary/aromatic N) is 8. The van der Waals surface area contributed by atoms with Crippen LogP contribution in [-0.4, -0.2) is 94.6 Å². The third-order valence-electron chi connectivity index (χ3n) is 11.6. The van der Waals surface area contributed by atoms with E-state index < -0.39 is 10.0 Å². The fourth-order valence-electron chi connectivity index (χ4n) is 8.26. The summed E-state index contributed by atoms with van der Waals surface area (Å²) in [7, 11) is -4.03. The van der Waals surface area contributed by atoms with E-state index in [0.29, 0.717) is 50.9 Å². The van der Waals surface area contributed by atoms with Gasteiger partial charge in [0.05, 0.1) is 50.2 Å². The van der Waals surface area contributed by atoms with Crippen molar-refractivity contribution in [2.45, 2.75) is 37.6 Å². The SMILES string of the molecule is Cc1ccc(S(=O)(=O)N(CCCNC(=O)c2cccc3c(NCCCNCCCNCCn4cnc5c(N)ncnc54)c4ccccc4nc23)c2cc3cccnc3c3ncccc23)cc1. The van der Waals surface area contributed by atoms with Crippen LogP contribution in [-0.2, 0) is 16.6 Å². The first kappa shape index (κ1) is 43.9. The lowest BCUT2D eigenvalue weighted by atomic mass is 10.0. The van der Waals surface area contributed by atoms with Crippen LogP contribution in [0.15, 0.2) is 127 Å². The van der Waals surface area contributed by atoms with Gasteiger partial charge >= 0.3 is 0 Å². The quantitative estimate of drug-likeness (QED) is 0.0311. The Labute approximate surface area is 382 Å². The number of nitrogens with one attached hydrogen (secondary N) is 4. The summed E-state index contributed by atoms with van der Waals surface area (Å²) in [4.78, 5) is 41.0. The Morgan fingerprint density at radius 1 is 0.697 bits per heavy atom. The molecule has 6 N–H and O–H groups in total. The smallest absolute Gasteiger partial charge is 0.264 e. The number of amides is 1. The number of para-hydroxylation sites is 2. The number of sulfonamides is 1. The van der Waals surface area contributed by atoms with E-state index in [1.165, 1.54) is 10.6 Å². The van der Waals surface area contributed by atoms with Crippen LogP contribution < -0.4 is 31.3 Å². The van der Waals surface area contributed by atoms with Crippen LogP contribution >= 0.6 is 0 Å². The van der Waals surface area contributed by atoms with E-state index in [1.54, 1.807) is 55.1 Å². The minimum atomic E-state index is -4.03. The van der Waals surface area contributed by atoms with Gasteiger partial charge in [0.2, 0.25) is 0 Å². The first-order valence-corrected chi connectivity index (χ1v) is 23.6. The monoisotopic (exact) mass is 901 g/mol. The molecule has 9 rings (SSSR count). The number of pyridine rings is 3. The van der Waals surface area contributed by atoms with Crippen molar-refractivity contribution in [2.75, 3.05) is 61.2 Å². The number of anilines is 3. The summed E-state index contributed by atoms with van der Waals surface area (Å²) < 4.78 is 32.4. The number of nitrogens with two attached hydrogens (primary N) is 1. The van der Waals surface area contributed by atoms with Crippen molar-refractivity contribution in [1.82, 2.24) is 50.4 Å². The van der Waals surface area contributed by atoms with Gasteiger partial charge in [-0.3, -0.25) is 19.1 Å². The van der Waals surface area contributed by atoms with Crippen LogP contribution in [0.1, 0.15) is 35.2 Å². The van der Waals surface area contributed by atoms with Crippen LogP contribution in [0.25, 0.3) is 54.8 Å². The lowest BCUT2D eigenvalue weighted by molar-refractivity contribution is 0.0955. The van der Waals surface area contributed by atoms with E-state index in [1.807, 2.05) is 72.2 Å². The van der Waals surface area contributed by atoms with Gasteiger partial charge in [-0.15, -0.1) is 0 Å². The molecule has 0 aliphatic rings. The summed E-state index contributed by atoms with van der Waals surface area (Å²) in [6.45, 7) is 7.10. The van der Waals surface area contributed by atoms with E-state index in [9.17, 15) is 13.2 Å². The number of hydrogen-bond donors (Lipinski definition) is 5. The third kappa shape index (κ3) is 9.26. The van der Waals surface area contributed by atoms with Crippen molar-refractivity contribution >= 4 is 87.9 Å². The number of aryl methyl sites for hydroxylation is 1. The molecular weight excluding hydrogens is 851 g/mol. The van der Waals surface area contributed by atoms with Crippen molar-refractivity contribution in [1.29, 1.82) is 0 Å². The number of aromatic nitrogens is 7. The second kappa shape index (κ2) is 19.8. The lowest BCUT2D eigenvalue weighted by Crippen LogP contribution is -2.34. The molecule has 0 aliphatic heterocycles. The van der Waals surface area contributed by atoms with E-state index in [0.717, 1.165) is 90.7 Å². The Morgan fingerprint density at radius 3 is 2.29 bits per heavy atom. The van der Waals surface area contributed by atoms with E-state index in [2.05, 4.69) is 46.2 Å². The molecule has 5 heterocycles. The Bertz CT molecular complexity index is 3290. The zero-order chi connectivity index (χ0) is 45.5. The fraction of sp³-hybridized carbons (Fsp3) is 0.245. The normalized spacial score (nSPS) is 11.8. The predicted octanol–water partition coefficient (Wildman–Crippen LogP) is 6.60. The number of carbonyl (C=O) groups excluding carboxylic acids is 1. The van der Waals surface area contributed by atoms with Gasteiger partial charge in [0.15, 0.2) is 11.5 Å². The summed E-state index contributed by atoms with van der Waals surface area (Å²) in [5, 5.41) is 17.0. The summed E-state index contributed by atoms with van der Waals surface area (Å²) in [6, 6.07) is 29.7. The van der Waals surface area contributed by atoms with Crippen LogP contribution in [0, 0.1) is 6.92 Å². The zero-order valence-electron chi connectivity index (χ0n) is 36.6. The van der Waals surface area contributed by atoms with Crippen molar-refractivity contribution < 1.29 is 13.2 Å². The van der Waals surface area contributed by atoms with E-state index in [-0.39, 0.29) is 23.9 Å². The maximum atomic E-state index is 14.5. The van der Waals surface area contributed by atoms with Gasteiger partial charge in [0.1, 0.15) is 11.8 Å². The average molecular weight is 902 g/mol. The summed E-state index contributed by atoms with van der Waals surface area (Å²) in [5.74, 6) is 0.0983. The molecule has 0 spiro atoms. The first-order valence-electron chi connectivity index (χ1n) is 22.2. The van der Waals surface area contributed by atoms with Crippen molar-refractivity contribution in [3.63, 3.8) is 0 Å². The predicted molar refractivity (Wildman–Crippen MR) is 262 cm³/mol. The molecule has 0 fully saturated rings. The van der Waals surface area contributed by atoms with Gasteiger partial charge in [0, 0.05) is 66.7 Å². The molecule has 17 heteroatoms. The molecule has 4 aromatic carbocycles. The number of imidazole rings is 1. The lowest BCUT2D eigenvalue weighted by Gasteiger charge is -2.26. The topological polar surface area (TPSA) is 211 Å². The Kier molecular flexibility index (Phi) is 13.2. The average Bonchev–Trinajstić information content (AvgIpc) is 3.76. The maximum absolute atomic E-state index is 14.5. The van der Waals surface area contributed by atoms with E-state index >= 15 is 0 Å². The molecule has 0 aliphatic carbocycles. The minimum absolute atomic E-state index is 0.0995. The highest BCUT2D eigenvalue weighted by molar-refractivity contribution is 7.92. The van der Waals surface area contributed by atoms with Crippen LogP contribution in [0.4, 0.5) is 17.2 Å². The summed E-state index contributed by atoms with van der Waals surface area (Å²) in [5.41, 5.74) is 12.8. The molecule has 0 unspecified atom stereocenters.